The van der Waals surface area contributed by atoms with Gasteiger partial charge in [-0.3, -0.25) is 0 Å². The molecule has 0 aliphatic heterocycles. The predicted octanol–water partition coefficient (Wildman–Crippen LogP) is 0.933. The van der Waals surface area contributed by atoms with Crippen LogP contribution in [0.15, 0.2) is 18.3 Å². The van der Waals surface area contributed by atoms with Gasteiger partial charge in [0, 0.05) is 38.1 Å². The molecule has 0 saturated carbocycles. The van der Waals surface area contributed by atoms with Crippen LogP contribution in [-0.2, 0) is 4.74 Å². The van der Waals surface area contributed by atoms with Crippen molar-refractivity contribution in [3.8, 4) is 0 Å². The first-order chi connectivity index (χ1) is 7.76. The summed E-state index contributed by atoms with van der Waals surface area (Å²) >= 11 is 0. The van der Waals surface area contributed by atoms with Crippen molar-refractivity contribution in [3.63, 3.8) is 0 Å². The summed E-state index contributed by atoms with van der Waals surface area (Å²) in [6.07, 6.45) is 1.23. The number of anilines is 2. The third kappa shape index (κ3) is 4.46. The summed E-state index contributed by atoms with van der Waals surface area (Å²) in [4.78, 5) is 4.15. The third-order valence-electron chi connectivity index (χ3n) is 2.02. The Hall–Kier alpha value is -1.33. The van der Waals surface area contributed by atoms with Gasteiger partial charge >= 0.3 is 0 Å². The van der Waals surface area contributed by atoms with Crippen LogP contribution in [0.4, 0.5) is 11.5 Å². The average molecular weight is 225 g/mol. The number of methoxy groups -OCH3 is 1. The molecule has 0 aliphatic carbocycles. The lowest BCUT2D eigenvalue weighted by molar-refractivity contribution is 0.0727. The van der Waals surface area contributed by atoms with Gasteiger partial charge < -0.3 is 20.5 Å². The normalized spacial score (nSPS) is 12.2. The minimum absolute atomic E-state index is 0.331. The monoisotopic (exact) mass is 225 g/mol. The molecule has 1 atom stereocenters. The van der Waals surface area contributed by atoms with E-state index in [0.717, 1.165) is 18.1 Å². The van der Waals surface area contributed by atoms with Crippen LogP contribution in [-0.4, -0.2) is 43.0 Å². The second kappa shape index (κ2) is 7.03. The summed E-state index contributed by atoms with van der Waals surface area (Å²) in [6, 6.07) is 3.77. The van der Waals surface area contributed by atoms with Crippen molar-refractivity contribution in [1.29, 1.82) is 0 Å². The molecule has 1 aromatic heterocycles. The molecule has 0 radical (unpaired) electrons. The van der Waals surface area contributed by atoms with E-state index in [2.05, 4.69) is 15.6 Å². The van der Waals surface area contributed by atoms with Crippen LogP contribution in [0.5, 0.6) is 0 Å². The molecule has 0 bridgehead atoms. The Morgan fingerprint density at radius 1 is 1.50 bits per heavy atom. The second-order valence-electron chi connectivity index (χ2n) is 3.45. The zero-order valence-electron chi connectivity index (χ0n) is 9.73. The summed E-state index contributed by atoms with van der Waals surface area (Å²) in [5.41, 5.74) is 0.932. The minimum Gasteiger partial charge on any atom is -0.389 e. The predicted molar refractivity (Wildman–Crippen MR) is 64.8 cm³/mol. The Labute approximate surface area is 95.8 Å². The molecule has 1 heterocycles. The van der Waals surface area contributed by atoms with Gasteiger partial charge in [-0.25, -0.2) is 4.98 Å². The topological polar surface area (TPSA) is 66.4 Å². The fourth-order valence-corrected chi connectivity index (χ4v) is 1.31. The number of nitrogens with zero attached hydrogens (tertiary/aromatic N) is 1. The van der Waals surface area contributed by atoms with Gasteiger partial charge in [0.25, 0.3) is 0 Å². The molecule has 0 saturated heterocycles. The van der Waals surface area contributed by atoms with Crippen LogP contribution in [0.3, 0.4) is 0 Å². The molecule has 0 aromatic carbocycles. The van der Waals surface area contributed by atoms with Crippen LogP contribution >= 0.6 is 0 Å². The van der Waals surface area contributed by atoms with Crippen LogP contribution in [0.2, 0.25) is 0 Å². The molecule has 90 valence electrons. The van der Waals surface area contributed by atoms with E-state index in [4.69, 9.17) is 4.74 Å². The Kier molecular flexibility index (Phi) is 5.60. The Bertz CT molecular complexity index is 307. The van der Waals surface area contributed by atoms with Gasteiger partial charge in [-0.1, -0.05) is 0 Å². The third-order valence-corrected chi connectivity index (χ3v) is 2.02. The fourth-order valence-electron chi connectivity index (χ4n) is 1.31. The molecule has 5 heteroatoms. The van der Waals surface area contributed by atoms with E-state index in [9.17, 15) is 5.11 Å². The van der Waals surface area contributed by atoms with E-state index < -0.39 is 6.10 Å². The molecule has 0 fully saturated rings. The number of nitrogens with one attached hydrogen (secondary N) is 2. The molecular weight excluding hydrogens is 206 g/mol. The minimum atomic E-state index is -0.499. The largest absolute Gasteiger partial charge is 0.389 e. The number of aliphatic hydroxyl groups excluding tert-OH is 1. The summed E-state index contributed by atoms with van der Waals surface area (Å²) in [5.74, 6) is 0.828. The summed E-state index contributed by atoms with van der Waals surface area (Å²) in [7, 11) is 1.57. The number of pyridine rings is 1. The molecule has 0 aliphatic rings. The highest BCUT2D eigenvalue weighted by atomic mass is 16.5. The maximum atomic E-state index is 9.46. The smallest absolute Gasteiger partial charge is 0.127 e. The Balaban J connectivity index is 2.44. The van der Waals surface area contributed by atoms with Gasteiger partial charge in [0.2, 0.25) is 0 Å². The molecule has 1 unspecified atom stereocenters. The number of aliphatic hydroxyl groups is 1. The maximum absolute atomic E-state index is 9.46. The summed E-state index contributed by atoms with van der Waals surface area (Å²) < 4.78 is 4.84. The van der Waals surface area contributed by atoms with Crippen molar-refractivity contribution >= 4 is 11.5 Å². The fraction of sp³-hybridized carbons (Fsp3) is 0.545. The van der Waals surface area contributed by atoms with E-state index in [-0.39, 0.29) is 0 Å². The maximum Gasteiger partial charge on any atom is 0.127 e. The van der Waals surface area contributed by atoms with Gasteiger partial charge in [0.1, 0.15) is 5.82 Å². The van der Waals surface area contributed by atoms with E-state index >= 15 is 0 Å². The van der Waals surface area contributed by atoms with Crippen molar-refractivity contribution in [1.82, 2.24) is 4.98 Å². The first-order valence-corrected chi connectivity index (χ1v) is 5.37. The van der Waals surface area contributed by atoms with E-state index in [1.165, 1.54) is 0 Å². The lowest BCUT2D eigenvalue weighted by atomic mass is 10.3. The standard InChI is InChI=1S/C11H19N3O2/c1-3-12-11-6-9(4-5-13-11)14-7-10(15)8-16-2/h4-6,10,15H,3,7-8H2,1-2H3,(H2,12,13,14). The molecule has 1 aromatic rings. The van der Waals surface area contributed by atoms with Gasteiger partial charge in [0.15, 0.2) is 0 Å². The molecule has 0 amide bonds. The zero-order chi connectivity index (χ0) is 11.8. The van der Waals surface area contributed by atoms with Crippen molar-refractivity contribution in [2.45, 2.75) is 13.0 Å². The first kappa shape index (κ1) is 12.7. The van der Waals surface area contributed by atoms with Crippen molar-refractivity contribution < 1.29 is 9.84 Å². The van der Waals surface area contributed by atoms with E-state index in [1.807, 2.05) is 19.1 Å². The molecule has 1 rings (SSSR count). The van der Waals surface area contributed by atoms with Crippen LogP contribution < -0.4 is 10.6 Å². The Morgan fingerprint density at radius 3 is 3.00 bits per heavy atom. The zero-order valence-corrected chi connectivity index (χ0v) is 9.73. The molecule has 0 spiro atoms. The highest BCUT2D eigenvalue weighted by molar-refractivity contribution is 5.51. The highest BCUT2D eigenvalue weighted by Crippen LogP contribution is 2.11. The van der Waals surface area contributed by atoms with Gasteiger partial charge in [-0.15, -0.1) is 0 Å². The SMILES string of the molecule is CCNc1cc(NCC(O)COC)ccn1. The summed E-state index contributed by atoms with van der Waals surface area (Å²) in [6.45, 7) is 3.65. The lowest BCUT2D eigenvalue weighted by Crippen LogP contribution is -2.24. The van der Waals surface area contributed by atoms with Crippen molar-refractivity contribution in [3.05, 3.63) is 18.3 Å². The number of aromatic nitrogens is 1. The number of hydrogen-bond acceptors (Lipinski definition) is 5. The van der Waals surface area contributed by atoms with Gasteiger partial charge in [-0.2, -0.15) is 0 Å². The number of rotatable bonds is 7. The highest BCUT2D eigenvalue weighted by Gasteiger charge is 2.03. The Morgan fingerprint density at radius 2 is 2.31 bits per heavy atom. The van der Waals surface area contributed by atoms with Crippen LogP contribution in [0.1, 0.15) is 6.92 Å². The van der Waals surface area contributed by atoms with Crippen molar-refractivity contribution in [2.24, 2.45) is 0 Å². The molecule has 3 N–H and O–H groups in total. The molecule has 5 nitrogen and oxygen atoms in total. The average Bonchev–Trinajstić information content (AvgIpc) is 2.28. The first-order valence-electron chi connectivity index (χ1n) is 5.37. The number of ether oxygens (including phenoxy) is 1. The molecule has 16 heavy (non-hydrogen) atoms. The quantitative estimate of drug-likeness (QED) is 0.644. The van der Waals surface area contributed by atoms with E-state index in [0.29, 0.717) is 13.2 Å². The van der Waals surface area contributed by atoms with Gasteiger partial charge in [0.05, 0.1) is 12.7 Å². The van der Waals surface area contributed by atoms with Crippen LogP contribution in [0.25, 0.3) is 0 Å². The van der Waals surface area contributed by atoms with E-state index in [1.54, 1.807) is 13.3 Å². The second-order valence-corrected chi connectivity index (χ2v) is 3.45. The lowest BCUT2D eigenvalue weighted by Gasteiger charge is -2.12. The van der Waals surface area contributed by atoms with Crippen LogP contribution in [0, 0.1) is 0 Å². The molecular formula is C11H19N3O2. The van der Waals surface area contributed by atoms with Crippen molar-refractivity contribution in [2.75, 3.05) is 37.4 Å². The number of hydrogen-bond donors (Lipinski definition) is 3. The van der Waals surface area contributed by atoms with Gasteiger partial charge in [-0.05, 0) is 13.0 Å². The summed E-state index contributed by atoms with van der Waals surface area (Å²) in [5, 5.41) is 15.7.